The molecule has 29 heavy (non-hydrogen) atoms. The zero-order valence-corrected chi connectivity index (χ0v) is 16.0. The Kier molecular flexibility index (Phi) is 4.45. The van der Waals surface area contributed by atoms with E-state index in [1.54, 1.807) is 6.26 Å². The van der Waals surface area contributed by atoms with Crippen molar-refractivity contribution in [3.63, 3.8) is 0 Å². The molecule has 0 saturated heterocycles. The number of nitrogens with zero attached hydrogens (tertiary/aromatic N) is 4. The van der Waals surface area contributed by atoms with Gasteiger partial charge in [0.15, 0.2) is 10.9 Å². The monoisotopic (exact) mass is 401 g/mol. The Bertz CT molecular complexity index is 1330. The predicted octanol–water partition coefficient (Wildman–Crippen LogP) is 4.06. The number of aromatic amines is 1. The molecule has 142 valence electrons. The standard InChI is InChI=1S/C21H15N5O2S/c27-20-17(22-15-9-4-5-10-16(15)23-20)13-29-21-25-24-19(18-11-6-12-28-18)26(21)14-7-2-1-3-8-14/h1-12H,13H2,(H,23,27). The van der Waals surface area contributed by atoms with Crippen LogP contribution in [0.1, 0.15) is 5.69 Å². The number of nitrogens with one attached hydrogen (secondary N) is 1. The molecule has 0 fully saturated rings. The number of furan rings is 1. The number of thioether (sulfide) groups is 1. The van der Waals surface area contributed by atoms with Crippen LogP contribution in [0.25, 0.3) is 28.3 Å². The summed E-state index contributed by atoms with van der Waals surface area (Å²) >= 11 is 1.40. The Morgan fingerprint density at radius 1 is 0.966 bits per heavy atom. The third-order valence-corrected chi connectivity index (χ3v) is 5.34. The summed E-state index contributed by atoms with van der Waals surface area (Å²) in [6.07, 6.45) is 1.60. The molecule has 0 spiro atoms. The summed E-state index contributed by atoms with van der Waals surface area (Å²) in [5.41, 5.74) is 2.62. The average Bonchev–Trinajstić information content (AvgIpc) is 3.42. The molecule has 0 aliphatic carbocycles. The molecule has 3 heterocycles. The first-order valence-corrected chi connectivity index (χ1v) is 9.93. The van der Waals surface area contributed by atoms with E-state index in [0.29, 0.717) is 28.2 Å². The molecule has 7 nitrogen and oxygen atoms in total. The van der Waals surface area contributed by atoms with Crippen LogP contribution in [0.5, 0.6) is 0 Å². The fourth-order valence-corrected chi connectivity index (χ4v) is 3.92. The van der Waals surface area contributed by atoms with Crippen LogP contribution in [0.4, 0.5) is 0 Å². The summed E-state index contributed by atoms with van der Waals surface area (Å²) < 4.78 is 7.44. The predicted molar refractivity (Wildman–Crippen MR) is 111 cm³/mol. The van der Waals surface area contributed by atoms with Gasteiger partial charge in [0.05, 0.1) is 17.3 Å². The summed E-state index contributed by atoms with van der Waals surface area (Å²) in [6, 6.07) is 20.9. The molecule has 0 radical (unpaired) electrons. The van der Waals surface area contributed by atoms with E-state index in [-0.39, 0.29) is 5.56 Å². The SMILES string of the molecule is O=c1[nH]c2ccccc2nc1CSc1nnc(-c2ccco2)n1-c1ccccc1. The maximum absolute atomic E-state index is 12.4. The van der Waals surface area contributed by atoms with Crippen LogP contribution in [0.2, 0.25) is 0 Å². The van der Waals surface area contributed by atoms with Gasteiger partial charge in [-0.2, -0.15) is 0 Å². The molecule has 5 aromatic rings. The number of benzene rings is 2. The van der Waals surface area contributed by atoms with Crippen LogP contribution >= 0.6 is 11.8 Å². The smallest absolute Gasteiger partial charge is 0.271 e. The van der Waals surface area contributed by atoms with Gasteiger partial charge in [0.25, 0.3) is 5.56 Å². The molecule has 3 aromatic heterocycles. The van der Waals surface area contributed by atoms with Crippen molar-refractivity contribution in [1.29, 1.82) is 0 Å². The number of para-hydroxylation sites is 3. The third-order valence-electron chi connectivity index (χ3n) is 4.40. The van der Waals surface area contributed by atoms with Gasteiger partial charge in [0.2, 0.25) is 5.82 Å². The van der Waals surface area contributed by atoms with Crippen molar-refractivity contribution in [3.8, 4) is 17.3 Å². The molecule has 0 aliphatic heterocycles. The number of rotatable bonds is 5. The van der Waals surface area contributed by atoms with Crippen LogP contribution in [-0.4, -0.2) is 24.7 Å². The molecule has 0 atom stereocenters. The van der Waals surface area contributed by atoms with Crippen molar-refractivity contribution in [2.75, 3.05) is 0 Å². The second-order valence-corrected chi connectivity index (χ2v) is 7.22. The summed E-state index contributed by atoms with van der Waals surface area (Å²) in [5.74, 6) is 1.59. The first-order chi connectivity index (χ1) is 14.3. The molecule has 0 unspecified atom stereocenters. The Hall–Kier alpha value is -3.65. The van der Waals surface area contributed by atoms with Crippen molar-refractivity contribution in [2.45, 2.75) is 10.9 Å². The van der Waals surface area contributed by atoms with Crippen LogP contribution < -0.4 is 5.56 Å². The van der Waals surface area contributed by atoms with Gasteiger partial charge in [-0.25, -0.2) is 4.98 Å². The summed E-state index contributed by atoms with van der Waals surface area (Å²) in [4.78, 5) is 19.8. The molecular formula is C21H15N5O2S. The fraction of sp³-hybridized carbons (Fsp3) is 0.0476. The lowest BCUT2D eigenvalue weighted by Crippen LogP contribution is -2.14. The van der Waals surface area contributed by atoms with E-state index < -0.39 is 0 Å². The number of fused-ring (bicyclic) bond motifs is 1. The van der Waals surface area contributed by atoms with E-state index in [1.807, 2.05) is 71.3 Å². The van der Waals surface area contributed by atoms with Crippen molar-refractivity contribution in [1.82, 2.24) is 24.7 Å². The van der Waals surface area contributed by atoms with Crippen molar-refractivity contribution in [3.05, 3.63) is 89.0 Å². The fourth-order valence-electron chi connectivity index (χ4n) is 3.04. The Morgan fingerprint density at radius 3 is 2.62 bits per heavy atom. The maximum Gasteiger partial charge on any atom is 0.271 e. The van der Waals surface area contributed by atoms with E-state index in [4.69, 9.17) is 4.42 Å². The van der Waals surface area contributed by atoms with E-state index >= 15 is 0 Å². The lowest BCUT2D eigenvalue weighted by atomic mass is 10.3. The minimum atomic E-state index is -0.201. The van der Waals surface area contributed by atoms with Gasteiger partial charge >= 0.3 is 0 Å². The van der Waals surface area contributed by atoms with Crippen LogP contribution in [-0.2, 0) is 5.75 Å². The van der Waals surface area contributed by atoms with Gasteiger partial charge in [0, 0.05) is 11.4 Å². The van der Waals surface area contributed by atoms with E-state index in [2.05, 4.69) is 20.2 Å². The molecule has 5 rings (SSSR count). The number of hydrogen-bond acceptors (Lipinski definition) is 6. The molecule has 0 saturated carbocycles. The highest BCUT2D eigenvalue weighted by Gasteiger charge is 2.18. The number of hydrogen-bond donors (Lipinski definition) is 1. The zero-order valence-electron chi connectivity index (χ0n) is 15.1. The first kappa shape index (κ1) is 17.4. The van der Waals surface area contributed by atoms with Crippen LogP contribution in [0, 0.1) is 0 Å². The second-order valence-electron chi connectivity index (χ2n) is 6.27. The Morgan fingerprint density at radius 2 is 1.79 bits per heavy atom. The van der Waals surface area contributed by atoms with Crippen molar-refractivity contribution < 1.29 is 4.42 Å². The second kappa shape index (κ2) is 7.40. The first-order valence-electron chi connectivity index (χ1n) is 8.95. The van der Waals surface area contributed by atoms with Gasteiger partial charge in [-0.05, 0) is 36.4 Å². The largest absolute Gasteiger partial charge is 0.461 e. The van der Waals surface area contributed by atoms with Gasteiger partial charge in [0.1, 0.15) is 5.69 Å². The zero-order chi connectivity index (χ0) is 19.6. The molecule has 0 aliphatic rings. The Labute approximate surface area is 169 Å². The highest BCUT2D eigenvalue weighted by molar-refractivity contribution is 7.98. The molecule has 0 bridgehead atoms. The highest BCUT2D eigenvalue weighted by atomic mass is 32.2. The van der Waals surface area contributed by atoms with Crippen molar-refractivity contribution >= 4 is 22.8 Å². The summed E-state index contributed by atoms with van der Waals surface area (Å²) in [7, 11) is 0. The molecule has 0 amide bonds. The third kappa shape index (κ3) is 3.34. The van der Waals surface area contributed by atoms with Crippen LogP contribution in [0.3, 0.4) is 0 Å². The van der Waals surface area contributed by atoms with Gasteiger partial charge in [-0.3, -0.25) is 9.36 Å². The van der Waals surface area contributed by atoms with Gasteiger partial charge < -0.3 is 9.40 Å². The van der Waals surface area contributed by atoms with E-state index in [1.165, 1.54) is 11.8 Å². The summed E-state index contributed by atoms with van der Waals surface area (Å²) in [6.45, 7) is 0. The minimum absolute atomic E-state index is 0.201. The molecular weight excluding hydrogens is 386 g/mol. The summed E-state index contributed by atoms with van der Waals surface area (Å²) in [5, 5.41) is 9.29. The number of H-pyrrole nitrogens is 1. The van der Waals surface area contributed by atoms with Gasteiger partial charge in [-0.15, -0.1) is 10.2 Å². The topological polar surface area (TPSA) is 89.6 Å². The average molecular weight is 401 g/mol. The Balaban J connectivity index is 1.52. The van der Waals surface area contributed by atoms with E-state index in [0.717, 1.165) is 16.7 Å². The lowest BCUT2D eigenvalue weighted by molar-refractivity contribution is 0.575. The molecule has 2 aromatic carbocycles. The maximum atomic E-state index is 12.4. The minimum Gasteiger partial charge on any atom is -0.461 e. The quantitative estimate of drug-likeness (QED) is 0.447. The normalized spacial score (nSPS) is 11.2. The van der Waals surface area contributed by atoms with Gasteiger partial charge in [-0.1, -0.05) is 42.1 Å². The van der Waals surface area contributed by atoms with E-state index in [9.17, 15) is 4.79 Å². The lowest BCUT2D eigenvalue weighted by Gasteiger charge is -2.09. The van der Waals surface area contributed by atoms with Crippen LogP contribution in [0.15, 0.2) is 87.4 Å². The molecule has 1 N–H and O–H groups in total. The highest BCUT2D eigenvalue weighted by Crippen LogP contribution is 2.29. The van der Waals surface area contributed by atoms with Crippen molar-refractivity contribution in [2.24, 2.45) is 0 Å². The number of aromatic nitrogens is 5. The molecule has 8 heteroatoms.